The van der Waals surface area contributed by atoms with Gasteiger partial charge in [-0.25, -0.2) is 4.39 Å². The summed E-state index contributed by atoms with van der Waals surface area (Å²) in [6, 6.07) is 12.5. The number of rotatable bonds is 3. The Morgan fingerprint density at radius 3 is 2.56 bits per heavy atom. The molecule has 1 saturated heterocycles. The normalized spacial score (nSPS) is 19.9. The zero-order valence-corrected chi connectivity index (χ0v) is 18.4. The molecule has 2 aliphatic rings. The van der Waals surface area contributed by atoms with E-state index in [1.54, 1.807) is 6.07 Å². The molecule has 0 spiro atoms. The largest absolute Gasteiger partial charge is 0.507 e. The number of aryl methyl sites for hydroxylation is 3. The Morgan fingerprint density at radius 2 is 1.84 bits per heavy atom. The number of carbonyl (C=O) groups excluding carboxylic acids is 2. The van der Waals surface area contributed by atoms with Crippen molar-refractivity contribution in [1.29, 1.82) is 0 Å². The van der Waals surface area contributed by atoms with Crippen LogP contribution in [0.25, 0.3) is 5.76 Å². The molecule has 4 nitrogen and oxygen atoms in total. The lowest BCUT2D eigenvalue weighted by Crippen LogP contribution is -2.29. The molecule has 3 aromatic rings. The second-order valence-corrected chi connectivity index (χ2v) is 9.26. The molecule has 1 aliphatic heterocycles. The van der Waals surface area contributed by atoms with Crippen LogP contribution < -0.4 is 4.90 Å². The molecule has 0 saturated carbocycles. The van der Waals surface area contributed by atoms with Gasteiger partial charge >= 0.3 is 0 Å². The minimum absolute atomic E-state index is 0.0422. The van der Waals surface area contributed by atoms with Gasteiger partial charge in [-0.15, -0.1) is 11.3 Å². The van der Waals surface area contributed by atoms with Gasteiger partial charge in [0.15, 0.2) is 0 Å². The fraction of sp³-hybridized carbons (Fsp3) is 0.231. The first-order chi connectivity index (χ1) is 15.5. The van der Waals surface area contributed by atoms with E-state index in [-0.39, 0.29) is 17.0 Å². The maximum atomic E-state index is 14.0. The predicted octanol–water partition coefficient (Wildman–Crippen LogP) is 5.70. The van der Waals surface area contributed by atoms with Gasteiger partial charge in [-0.05, 0) is 85.0 Å². The minimum Gasteiger partial charge on any atom is -0.507 e. The molecule has 0 bridgehead atoms. The third-order valence-corrected chi connectivity index (χ3v) is 7.37. The SMILES string of the molecule is Cc1ccsc1C1/C(=C(/O)c2ccc3c(c2)CCCC3)C(=O)C(=O)N1c1cccc(F)c1. The van der Waals surface area contributed by atoms with Crippen molar-refractivity contribution in [1.82, 2.24) is 0 Å². The van der Waals surface area contributed by atoms with Gasteiger partial charge in [0.2, 0.25) is 0 Å². The van der Waals surface area contributed by atoms with Crippen molar-refractivity contribution in [3.63, 3.8) is 0 Å². The number of aliphatic hydroxyl groups is 1. The number of nitrogens with zero attached hydrogens (tertiary/aromatic N) is 1. The average molecular weight is 448 g/mol. The lowest BCUT2D eigenvalue weighted by molar-refractivity contribution is -0.132. The quantitative estimate of drug-likeness (QED) is 0.318. The van der Waals surface area contributed by atoms with Crippen LogP contribution in [0.1, 0.15) is 46.0 Å². The zero-order valence-electron chi connectivity index (χ0n) is 17.6. The number of Topliss-reactive ketones (excluding diaryl/α,β-unsaturated/α-hetero) is 1. The van der Waals surface area contributed by atoms with E-state index in [4.69, 9.17) is 0 Å². The van der Waals surface area contributed by atoms with Gasteiger partial charge in [0.05, 0.1) is 5.57 Å². The number of benzene rings is 2. The van der Waals surface area contributed by atoms with Crippen molar-refractivity contribution < 1.29 is 19.1 Å². The summed E-state index contributed by atoms with van der Waals surface area (Å²) in [6.07, 6.45) is 4.18. The second-order valence-electron chi connectivity index (χ2n) is 8.31. The van der Waals surface area contributed by atoms with E-state index < -0.39 is 23.5 Å². The molecule has 162 valence electrons. The minimum atomic E-state index is -0.812. The highest BCUT2D eigenvalue weighted by Crippen LogP contribution is 2.45. The van der Waals surface area contributed by atoms with Crippen LogP contribution in [0.15, 0.2) is 59.5 Å². The highest BCUT2D eigenvalue weighted by atomic mass is 32.1. The molecular formula is C26H22FNO3S. The number of hydrogen-bond donors (Lipinski definition) is 1. The molecule has 0 radical (unpaired) electrons. The summed E-state index contributed by atoms with van der Waals surface area (Å²) in [5, 5.41) is 13.2. The van der Waals surface area contributed by atoms with Gasteiger partial charge in [0, 0.05) is 16.1 Å². The van der Waals surface area contributed by atoms with E-state index in [2.05, 4.69) is 0 Å². The first-order valence-corrected chi connectivity index (χ1v) is 11.6. The molecule has 2 heterocycles. The van der Waals surface area contributed by atoms with E-state index in [0.717, 1.165) is 36.1 Å². The Hall–Kier alpha value is -3.25. The van der Waals surface area contributed by atoms with Crippen molar-refractivity contribution >= 4 is 34.5 Å². The monoisotopic (exact) mass is 447 g/mol. The Morgan fingerprint density at radius 1 is 1.06 bits per heavy atom. The maximum Gasteiger partial charge on any atom is 0.300 e. The maximum absolute atomic E-state index is 14.0. The van der Waals surface area contributed by atoms with E-state index in [1.807, 2.05) is 36.6 Å². The third kappa shape index (κ3) is 3.35. The molecule has 6 heteroatoms. The number of thiophene rings is 1. The highest BCUT2D eigenvalue weighted by molar-refractivity contribution is 7.10. The van der Waals surface area contributed by atoms with Gasteiger partial charge in [-0.3, -0.25) is 14.5 Å². The van der Waals surface area contributed by atoms with Crippen LogP contribution in [0.4, 0.5) is 10.1 Å². The summed E-state index contributed by atoms with van der Waals surface area (Å²) >= 11 is 1.41. The topological polar surface area (TPSA) is 57.6 Å². The molecule has 5 rings (SSSR count). The van der Waals surface area contributed by atoms with Gasteiger partial charge in [-0.2, -0.15) is 0 Å². The Balaban J connectivity index is 1.70. The molecule has 1 aliphatic carbocycles. The summed E-state index contributed by atoms with van der Waals surface area (Å²) in [6.45, 7) is 1.90. The summed E-state index contributed by atoms with van der Waals surface area (Å²) in [7, 11) is 0. The van der Waals surface area contributed by atoms with E-state index in [0.29, 0.717) is 5.56 Å². The lowest BCUT2D eigenvalue weighted by Gasteiger charge is -2.25. The average Bonchev–Trinajstić information content (AvgIpc) is 3.33. The number of ketones is 1. The number of halogens is 1. The molecular weight excluding hydrogens is 425 g/mol. The van der Waals surface area contributed by atoms with E-state index >= 15 is 0 Å². The van der Waals surface area contributed by atoms with E-state index in [1.165, 1.54) is 45.6 Å². The molecule has 1 aromatic heterocycles. The van der Waals surface area contributed by atoms with Crippen LogP contribution in [0, 0.1) is 12.7 Å². The smallest absolute Gasteiger partial charge is 0.300 e. The second kappa shape index (κ2) is 8.02. The Labute approximate surface area is 189 Å². The number of hydrogen-bond acceptors (Lipinski definition) is 4. The van der Waals surface area contributed by atoms with Crippen molar-refractivity contribution in [2.24, 2.45) is 0 Å². The zero-order chi connectivity index (χ0) is 22.4. The molecule has 32 heavy (non-hydrogen) atoms. The van der Waals surface area contributed by atoms with Crippen molar-refractivity contribution in [3.05, 3.63) is 92.4 Å². The number of carbonyl (C=O) groups is 2. The predicted molar refractivity (Wildman–Crippen MR) is 123 cm³/mol. The van der Waals surface area contributed by atoms with Crippen LogP contribution in [0.5, 0.6) is 0 Å². The van der Waals surface area contributed by atoms with Crippen LogP contribution in [-0.4, -0.2) is 16.8 Å². The number of aliphatic hydroxyl groups excluding tert-OH is 1. The van der Waals surface area contributed by atoms with Crippen molar-refractivity contribution in [3.8, 4) is 0 Å². The molecule has 1 amide bonds. The number of amides is 1. The fourth-order valence-electron chi connectivity index (χ4n) is 4.67. The summed E-state index contributed by atoms with van der Waals surface area (Å²) in [4.78, 5) is 28.4. The standard InChI is InChI=1S/C26H22FNO3S/c1-15-11-12-32-25(15)22-21(23(29)18-10-9-16-5-2-3-6-17(16)13-18)24(30)26(31)28(22)20-8-4-7-19(27)14-20/h4,7-14,22,29H,2-3,5-6H2,1H3/b23-21-. The Kier molecular flexibility index (Phi) is 5.18. The third-order valence-electron chi connectivity index (χ3n) is 6.30. The molecule has 1 fully saturated rings. The molecule has 1 unspecified atom stereocenters. The molecule has 2 aromatic carbocycles. The first kappa shape index (κ1) is 20.6. The summed E-state index contributed by atoms with van der Waals surface area (Å²) in [5.41, 5.74) is 4.19. The van der Waals surface area contributed by atoms with Crippen LogP contribution >= 0.6 is 11.3 Å². The van der Waals surface area contributed by atoms with Crippen LogP contribution in [-0.2, 0) is 22.4 Å². The highest BCUT2D eigenvalue weighted by Gasteiger charge is 2.48. The molecule has 1 atom stereocenters. The number of fused-ring (bicyclic) bond motifs is 1. The van der Waals surface area contributed by atoms with Gasteiger partial charge in [0.1, 0.15) is 17.6 Å². The molecule has 1 N–H and O–H groups in total. The van der Waals surface area contributed by atoms with Gasteiger partial charge in [0.25, 0.3) is 11.7 Å². The van der Waals surface area contributed by atoms with Crippen molar-refractivity contribution in [2.45, 2.75) is 38.6 Å². The summed E-state index contributed by atoms with van der Waals surface area (Å²) < 4.78 is 14.0. The number of anilines is 1. The van der Waals surface area contributed by atoms with Gasteiger partial charge in [-0.1, -0.05) is 18.2 Å². The Bertz CT molecular complexity index is 1280. The van der Waals surface area contributed by atoms with Crippen LogP contribution in [0.2, 0.25) is 0 Å². The lowest BCUT2D eigenvalue weighted by atomic mass is 9.89. The fourth-order valence-corrected chi connectivity index (χ4v) is 5.70. The van der Waals surface area contributed by atoms with Gasteiger partial charge < -0.3 is 5.11 Å². The van der Waals surface area contributed by atoms with Crippen LogP contribution in [0.3, 0.4) is 0 Å². The first-order valence-electron chi connectivity index (χ1n) is 10.7. The van der Waals surface area contributed by atoms with Crippen molar-refractivity contribution in [2.75, 3.05) is 4.90 Å². The summed E-state index contributed by atoms with van der Waals surface area (Å²) in [5.74, 6) is -2.22. The van der Waals surface area contributed by atoms with E-state index in [9.17, 15) is 19.1 Å².